The van der Waals surface area contributed by atoms with Crippen molar-refractivity contribution >= 4 is 6.21 Å². The average Bonchev–Trinajstić information content (AvgIpc) is 2.26. The molecule has 0 spiro atoms. The number of allylic oxidation sites excluding steroid dienone is 1. The van der Waals surface area contributed by atoms with Crippen molar-refractivity contribution < 1.29 is 9.94 Å². The maximum atomic E-state index is 8.96. The normalized spacial score (nSPS) is 28.9. The highest BCUT2D eigenvalue weighted by Crippen LogP contribution is 2.10. The lowest BCUT2D eigenvalue weighted by Crippen LogP contribution is -2.16. The van der Waals surface area contributed by atoms with Crippen LogP contribution in [0.15, 0.2) is 16.3 Å². The zero-order valence-corrected chi connectivity index (χ0v) is 9.49. The van der Waals surface area contributed by atoms with Crippen molar-refractivity contribution in [3.63, 3.8) is 0 Å². The maximum Gasteiger partial charge on any atom is 0.0770 e. The van der Waals surface area contributed by atoms with Crippen molar-refractivity contribution in [3.8, 4) is 0 Å². The van der Waals surface area contributed by atoms with Gasteiger partial charge in [-0.25, -0.2) is 0 Å². The van der Waals surface area contributed by atoms with E-state index in [1.165, 1.54) is 0 Å². The number of ether oxygens (including phenoxy) is 1. The molecule has 0 saturated heterocycles. The van der Waals surface area contributed by atoms with Crippen LogP contribution in [0.2, 0.25) is 0 Å². The predicted octanol–water partition coefficient (Wildman–Crippen LogP) is 1.90. The first kappa shape index (κ1) is 12.2. The van der Waals surface area contributed by atoms with Gasteiger partial charge in [0.15, 0.2) is 0 Å². The van der Waals surface area contributed by atoms with E-state index in [0.29, 0.717) is 18.3 Å². The van der Waals surface area contributed by atoms with Gasteiger partial charge < -0.3 is 4.74 Å². The van der Waals surface area contributed by atoms with Crippen molar-refractivity contribution in [2.24, 2.45) is 4.99 Å². The molecule has 1 heterocycles. The fourth-order valence-electron chi connectivity index (χ4n) is 1.48. The van der Waals surface area contributed by atoms with Gasteiger partial charge in [-0.1, -0.05) is 6.92 Å². The quantitative estimate of drug-likeness (QED) is 0.687. The van der Waals surface area contributed by atoms with Gasteiger partial charge in [-0.3, -0.25) is 15.7 Å². The molecule has 1 aliphatic heterocycles. The van der Waals surface area contributed by atoms with E-state index < -0.39 is 0 Å². The first-order chi connectivity index (χ1) is 7.27. The molecule has 1 aliphatic rings. The summed E-state index contributed by atoms with van der Waals surface area (Å²) in [5, 5.41) is 8.96. The lowest BCUT2D eigenvalue weighted by atomic mass is 10.1. The lowest BCUT2D eigenvalue weighted by Gasteiger charge is -2.14. The zero-order chi connectivity index (χ0) is 11.1. The molecule has 0 amide bonds. The SMILES string of the molecule is CCC1CCOCC/C(C)=C(\NO)C=N1. The predicted molar refractivity (Wildman–Crippen MR) is 60.2 cm³/mol. The van der Waals surface area contributed by atoms with E-state index >= 15 is 0 Å². The van der Waals surface area contributed by atoms with Crippen LogP contribution in [0.3, 0.4) is 0 Å². The molecular weight excluding hydrogens is 192 g/mol. The molecule has 2 N–H and O–H groups in total. The number of aliphatic imine (C=N–C) groups is 1. The third-order valence-corrected chi connectivity index (χ3v) is 2.68. The standard InChI is InChI=1S/C11H20N2O2/c1-3-10-5-7-15-6-4-9(2)11(13-14)8-12-10/h8,10,13-14H,3-7H2,1-2H3/b11-9-,12-8?. The van der Waals surface area contributed by atoms with Gasteiger partial charge in [0.05, 0.1) is 18.3 Å². The van der Waals surface area contributed by atoms with Crippen molar-refractivity contribution in [2.75, 3.05) is 13.2 Å². The number of hydroxylamine groups is 1. The van der Waals surface area contributed by atoms with Gasteiger partial charge in [-0.15, -0.1) is 0 Å². The Labute approximate surface area is 91.0 Å². The van der Waals surface area contributed by atoms with Gasteiger partial charge in [-0.2, -0.15) is 0 Å². The summed E-state index contributed by atoms with van der Waals surface area (Å²) in [5.74, 6) is 0. The highest BCUT2D eigenvalue weighted by Gasteiger charge is 2.07. The molecule has 15 heavy (non-hydrogen) atoms. The largest absolute Gasteiger partial charge is 0.381 e. The second-order valence-electron chi connectivity index (χ2n) is 3.80. The van der Waals surface area contributed by atoms with Gasteiger partial charge >= 0.3 is 0 Å². The van der Waals surface area contributed by atoms with Crippen LogP contribution in [0.25, 0.3) is 0 Å². The van der Waals surface area contributed by atoms with E-state index in [-0.39, 0.29) is 0 Å². The van der Waals surface area contributed by atoms with Gasteiger partial charge in [0.2, 0.25) is 0 Å². The Kier molecular flexibility index (Phi) is 5.36. The zero-order valence-electron chi connectivity index (χ0n) is 9.49. The van der Waals surface area contributed by atoms with E-state index in [1.807, 2.05) is 6.92 Å². The number of hydrogen-bond donors (Lipinski definition) is 2. The Bertz CT molecular complexity index is 249. The monoisotopic (exact) mass is 212 g/mol. The van der Waals surface area contributed by atoms with Crippen molar-refractivity contribution in [1.82, 2.24) is 5.48 Å². The molecule has 0 bridgehead atoms. The topological polar surface area (TPSA) is 53.8 Å². The fraction of sp³-hybridized carbons (Fsp3) is 0.727. The second kappa shape index (κ2) is 6.58. The molecule has 4 heteroatoms. The maximum absolute atomic E-state index is 8.96. The minimum absolute atomic E-state index is 0.291. The summed E-state index contributed by atoms with van der Waals surface area (Å²) >= 11 is 0. The van der Waals surface area contributed by atoms with Crippen LogP contribution in [0, 0.1) is 0 Å². The molecule has 1 rings (SSSR count). The number of nitrogens with zero attached hydrogens (tertiary/aromatic N) is 1. The van der Waals surface area contributed by atoms with E-state index in [0.717, 1.165) is 31.4 Å². The Morgan fingerprint density at radius 1 is 1.60 bits per heavy atom. The Balaban J connectivity index is 2.75. The number of nitrogens with one attached hydrogen (secondary N) is 1. The summed E-state index contributed by atoms with van der Waals surface area (Å²) in [7, 11) is 0. The third kappa shape index (κ3) is 4.01. The van der Waals surface area contributed by atoms with E-state index in [1.54, 1.807) is 6.21 Å². The van der Waals surface area contributed by atoms with Gasteiger partial charge in [0.1, 0.15) is 0 Å². The van der Waals surface area contributed by atoms with Crippen LogP contribution in [0.4, 0.5) is 0 Å². The van der Waals surface area contributed by atoms with Crippen LogP contribution in [0.1, 0.15) is 33.1 Å². The Hall–Kier alpha value is -0.870. The number of hydrogen-bond acceptors (Lipinski definition) is 4. The third-order valence-electron chi connectivity index (χ3n) is 2.68. The molecule has 1 atom stereocenters. The lowest BCUT2D eigenvalue weighted by molar-refractivity contribution is 0.128. The summed E-state index contributed by atoms with van der Waals surface area (Å²) in [6.45, 7) is 5.55. The van der Waals surface area contributed by atoms with Crippen molar-refractivity contribution in [3.05, 3.63) is 11.3 Å². The van der Waals surface area contributed by atoms with Gasteiger partial charge in [0.25, 0.3) is 0 Å². The Morgan fingerprint density at radius 2 is 2.40 bits per heavy atom. The fourth-order valence-corrected chi connectivity index (χ4v) is 1.48. The van der Waals surface area contributed by atoms with Crippen molar-refractivity contribution in [1.29, 1.82) is 0 Å². The molecule has 0 radical (unpaired) electrons. The summed E-state index contributed by atoms with van der Waals surface area (Å²) in [6, 6.07) is 0.291. The molecule has 0 aromatic rings. The molecule has 0 aliphatic carbocycles. The molecular formula is C11H20N2O2. The smallest absolute Gasteiger partial charge is 0.0770 e. The molecule has 4 nitrogen and oxygen atoms in total. The molecule has 0 aromatic carbocycles. The number of rotatable bonds is 2. The first-order valence-electron chi connectivity index (χ1n) is 5.48. The summed E-state index contributed by atoms with van der Waals surface area (Å²) in [5.41, 5.74) is 3.95. The second-order valence-corrected chi connectivity index (χ2v) is 3.80. The van der Waals surface area contributed by atoms with Crippen LogP contribution in [0.5, 0.6) is 0 Å². The summed E-state index contributed by atoms with van der Waals surface area (Å²) < 4.78 is 5.49. The molecule has 0 saturated carbocycles. The van der Waals surface area contributed by atoms with Crippen LogP contribution in [-0.4, -0.2) is 30.7 Å². The summed E-state index contributed by atoms with van der Waals surface area (Å²) in [4.78, 5) is 4.42. The molecule has 0 fully saturated rings. The minimum Gasteiger partial charge on any atom is -0.381 e. The molecule has 86 valence electrons. The van der Waals surface area contributed by atoms with Gasteiger partial charge in [-0.05, 0) is 31.8 Å². The van der Waals surface area contributed by atoms with Crippen LogP contribution >= 0.6 is 0 Å². The Morgan fingerprint density at radius 3 is 3.07 bits per heavy atom. The minimum atomic E-state index is 0.291. The molecule has 1 unspecified atom stereocenters. The van der Waals surface area contributed by atoms with Crippen LogP contribution in [-0.2, 0) is 4.74 Å². The van der Waals surface area contributed by atoms with E-state index in [9.17, 15) is 0 Å². The first-order valence-corrected chi connectivity index (χ1v) is 5.48. The van der Waals surface area contributed by atoms with E-state index in [4.69, 9.17) is 9.94 Å². The van der Waals surface area contributed by atoms with Crippen LogP contribution < -0.4 is 5.48 Å². The average molecular weight is 212 g/mol. The summed E-state index contributed by atoms with van der Waals surface area (Å²) in [6.07, 6.45) is 4.50. The van der Waals surface area contributed by atoms with Crippen molar-refractivity contribution in [2.45, 2.75) is 39.2 Å². The molecule has 0 aromatic heterocycles. The highest BCUT2D eigenvalue weighted by molar-refractivity contribution is 5.78. The van der Waals surface area contributed by atoms with E-state index in [2.05, 4.69) is 17.4 Å². The van der Waals surface area contributed by atoms with Gasteiger partial charge in [0, 0.05) is 12.8 Å². The highest BCUT2D eigenvalue weighted by atomic mass is 16.5.